The number of nitro groups is 1. The number of benzene rings is 2. The van der Waals surface area contributed by atoms with Gasteiger partial charge < -0.3 is 9.66 Å². The first-order chi connectivity index (χ1) is 10.6. The van der Waals surface area contributed by atoms with Gasteiger partial charge in [-0.25, -0.2) is 4.98 Å². The molecule has 0 saturated heterocycles. The Bertz CT molecular complexity index is 849. The highest BCUT2D eigenvalue weighted by Crippen LogP contribution is 2.28. The summed E-state index contributed by atoms with van der Waals surface area (Å²) >= 11 is -1.88. The van der Waals surface area contributed by atoms with E-state index in [1.165, 1.54) is 22.2 Å². The van der Waals surface area contributed by atoms with E-state index in [0.717, 1.165) is 0 Å². The van der Waals surface area contributed by atoms with Gasteiger partial charge in [0.1, 0.15) is 23.5 Å². The van der Waals surface area contributed by atoms with E-state index in [0.29, 0.717) is 11.0 Å². The maximum absolute atomic E-state index is 12.8. The largest absolute Gasteiger partial charge is 0.587 e. The topological polar surface area (TPSA) is 104 Å². The van der Waals surface area contributed by atoms with Gasteiger partial charge in [0.05, 0.1) is 10.4 Å². The number of hydrogen-bond acceptors (Lipinski definition) is 5. The van der Waals surface area contributed by atoms with E-state index in [9.17, 15) is 19.8 Å². The number of rotatable bonds is 4. The van der Waals surface area contributed by atoms with Crippen molar-refractivity contribution in [3.8, 4) is 0 Å². The Balaban J connectivity index is 2.21. The maximum atomic E-state index is 12.8. The minimum absolute atomic E-state index is 0.0605. The summed E-state index contributed by atoms with van der Waals surface area (Å²) in [4.78, 5) is 14.8. The van der Waals surface area contributed by atoms with E-state index in [1.54, 1.807) is 30.3 Å². The summed E-state index contributed by atoms with van der Waals surface area (Å²) in [5, 5.41) is 20.6. The first-order valence-corrected chi connectivity index (χ1v) is 7.47. The highest BCUT2D eigenvalue weighted by atomic mass is 32.2. The quantitative estimate of drug-likeness (QED) is 0.450. The molecule has 0 radical (unpaired) electrons. The number of fused-ring (bicyclic) bond motifs is 1. The Morgan fingerprint density at radius 1 is 1.18 bits per heavy atom. The number of aliphatic hydroxyl groups excluding tert-OH is 1. The molecule has 3 aromatic rings. The molecule has 0 bridgehead atoms. The van der Waals surface area contributed by atoms with Gasteiger partial charge in [0.25, 0.3) is 4.90 Å². The zero-order chi connectivity index (χ0) is 15.7. The number of hydrogen-bond donors (Lipinski definition) is 1. The van der Waals surface area contributed by atoms with Gasteiger partial charge in [-0.2, -0.15) is 0 Å². The molecule has 2 aromatic carbocycles. The van der Waals surface area contributed by atoms with Gasteiger partial charge in [0.15, 0.2) is 5.82 Å². The third-order valence-electron chi connectivity index (χ3n) is 3.14. The third kappa shape index (κ3) is 2.33. The number of para-hydroxylation sites is 3. The first kappa shape index (κ1) is 14.5. The predicted molar refractivity (Wildman–Crippen MR) is 80.6 cm³/mol. The molecule has 8 heteroatoms. The Morgan fingerprint density at radius 2 is 1.86 bits per heavy atom. The maximum Gasteiger partial charge on any atom is 0.326 e. The van der Waals surface area contributed by atoms with Crippen LogP contribution in [0.3, 0.4) is 0 Å². The standard InChI is InChI=1S/C14H11N3O4S/c18-9-14-15-10-5-1-2-6-11(10)16(14)22(21)13-8-4-3-7-12(13)17(19)20/h1-8,18H,9H2. The normalized spacial score (nSPS) is 12.5. The van der Waals surface area contributed by atoms with Crippen LogP contribution in [0, 0.1) is 10.1 Å². The third-order valence-corrected chi connectivity index (χ3v) is 4.60. The van der Waals surface area contributed by atoms with Gasteiger partial charge in [-0.1, -0.05) is 24.3 Å². The van der Waals surface area contributed by atoms with E-state index >= 15 is 0 Å². The minimum atomic E-state index is -1.88. The van der Waals surface area contributed by atoms with Crippen LogP contribution in [0.5, 0.6) is 0 Å². The molecule has 112 valence electrons. The van der Waals surface area contributed by atoms with Gasteiger partial charge in [0.2, 0.25) is 0 Å². The van der Waals surface area contributed by atoms with Crippen LogP contribution in [-0.2, 0) is 18.0 Å². The second-order valence-electron chi connectivity index (χ2n) is 4.44. The molecule has 0 aliphatic rings. The molecule has 1 unspecified atom stereocenters. The Morgan fingerprint density at radius 3 is 2.59 bits per heavy atom. The van der Waals surface area contributed by atoms with E-state index in [2.05, 4.69) is 4.98 Å². The van der Waals surface area contributed by atoms with E-state index in [4.69, 9.17) is 0 Å². The van der Waals surface area contributed by atoms with Gasteiger partial charge in [-0.3, -0.25) is 10.1 Å². The molecular formula is C14H11N3O4S. The number of imidazole rings is 1. The molecule has 0 amide bonds. The number of nitrogens with zero attached hydrogens (tertiary/aromatic N) is 3. The summed E-state index contributed by atoms with van der Waals surface area (Å²) in [6.45, 7) is -0.416. The molecular weight excluding hydrogens is 306 g/mol. The number of aliphatic hydroxyl groups is 1. The fourth-order valence-electron chi connectivity index (χ4n) is 2.19. The van der Waals surface area contributed by atoms with E-state index in [1.807, 2.05) is 0 Å². The first-order valence-electron chi connectivity index (χ1n) is 6.36. The molecule has 1 atom stereocenters. The Labute approximate surface area is 128 Å². The smallest absolute Gasteiger partial charge is 0.326 e. The van der Waals surface area contributed by atoms with Crippen molar-refractivity contribution >= 4 is 28.1 Å². The molecule has 0 spiro atoms. The van der Waals surface area contributed by atoms with Crippen molar-refractivity contribution in [2.75, 3.05) is 0 Å². The molecule has 1 aromatic heterocycles. The van der Waals surface area contributed by atoms with Crippen molar-refractivity contribution in [1.29, 1.82) is 0 Å². The average molecular weight is 317 g/mol. The lowest BCUT2D eigenvalue weighted by atomic mass is 10.3. The van der Waals surface area contributed by atoms with Crippen LogP contribution in [-0.4, -0.2) is 23.5 Å². The molecule has 1 N–H and O–H groups in total. The fourth-order valence-corrected chi connectivity index (χ4v) is 3.53. The van der Waals surface area contributed by atoms with E-state index < -0.39 is 22.9 Å². The number of aromatic nitrogens is 2. The molecule has 1 heterocycles. The summed E-state index contributed by atoms with van der Waals surface area (Å²) in [6.07, 6.45) is 0. The molecule has 3 rings (SSSR count). The summed E-state index contributed by atoms with van der Waals surface area (Å²) in [5.41, 5.74) is 0.879. The molecule has 0 aliphatic carbocycles. The van der Waals surface area contributed by atoms with Gasteiger partial charge in [-0.15, -0.1) is 3.97 Å². The minimum Gasteiger partial charge on any atom is -0.587 e. The van der Waals surface area contributed by atoms with Crippen LogP contribution in [0.1, 0.15) is 5.82 Å². The van der Waals surface area contributed by atoms with Gasteiger partial charge in [0, 0.05) is 12.1 Å². The molecule has 0 fully saturated rings. The van der Waals surface area contributed by atoms with E-state index in [-0.39, 0.29) is 16.4 Å². The van der Waals surface area contributed by atoms with Crippen LogP contribution in [0.2, 0.25) is 0 Å². The van der Waals surface area contributed by atoms with Crippen molar-refractivity contribution in [3.05, 3.63) is 64.5 Å². The van der Waals surface area contributed by atoms with Crippen molar-refractivity contribution in [2.24, 2.45) is 0 Å². The van der Waals surface area contributed by atoms with Crippen molar-refractivity contribution in [2.45, 2.75) is 11.5 Å². The summed E-state index contributed by atoms with van der Waals surface area (Å²) in [6, 6.07) is 12.8. The zero-order valence-electron chi connectivity index (χ0n) is 11.2. The highest BCUT2D eigenvalue weighted by molar-refractivity contribution is 7.90. The zero-order valence-corrected chi connectivity index (χ0v) is 12.1. The Hall–Kier alpha value is -2.42. The monoisotopic (exact) mass is 317 g/mol. The highest BCUT2D eigenvalue weighted by Gasteiger charge is 2.29. The number of nitro benzene ring substituents is 1. The van der Waals surface area contributed by atoms with Gasteiger partial charge in [-0.05, 0) is 12.1 Å². The molecule has 0 saturated carbocycles. The summed E-state index contributed by atoms with van der Waals surface area (Å²) in [5.74, 6) is 0.192. The van der Waals surface area contributed by atoms with Crippen LogP contribution in [0.4, 0.5) is 5.69 Å². The van der Waals surface area contributed by atoms with Gasteiger partial charge >= 0.3 is 5.69 Å². The predicted octanol–water partition coefficient (Wildman–Crippen LogP) is 2.01. The summed E-state index contributed by atoms with van der Waals surface area (Å²) in [7, 11) is 0. The van der Waals surface area contributed by atoms with Crippen LogP contribution in [0.15, 0.2) is 53.4 Å². The average Bonchev–Trinajstić information content (AvgIpc) is 2.92. The van der Waals surface area contributed by atoms with Crippen molar-refractivity contribution < 1.29 is 14.6 Å². The summed E-state index contributed by atoms with van der Waals surface area (Å²) < 4.78 is 14.2. The second kappa shape index (κ2) is 5.76. The molecule has 22 heavy (non-hydrogen) atoms. The Kier molecular flexibility index (Phi) is 3.80. The van der Waals surface area contributed by atoms with Crippen LogP contribution < -0.4 is 0 Å². The van der Waals surface area contributed by atoms with Crippen LogP contribution in [0.25, 0.3) is 11.0 Å². The fraction of sp³-hybridized carbons (Fsp3) is 0.0714. The lowest BCUT2D eigenvalue weighted by molar-refractivity contribution is -0.387. The van der Waals surface area contributed by atoms with Crippen LogP contribution >= 0.6 is 0 Å². The van der Waals surface area contributed by atoms with Crippen molar-refractivity contribution in [3.63, 3.8) is 0 Å². The molecule has 0 aliphatic heterocycles. The SMILES string of the molecule is O=[N+]([O-])c1ccccc1[S+]([O-])n1c(CO)nc2ccccc21. The molecule has 7 nitrogen and oxygen atoms in total. The second-order valence-corrected chi connectivity index (χ2v) is 5.75. The lowest BCUT2D eigenvalue weighted by Crippen LogP contribution is -2.17. The van der Waals surface area contributed by atoms with Crippen molar-refractivity contribution in [1.82, 2.24) is 8.96 Å². The lowest BCUT2D eigenvalue weighted by Gasteiger charge is -2.12.